The molecule has 2 rings (SSSR count). The van der Waals surface area contributed by atoms with Crippen molar-refractivity contribution in [1.82, 2.24) is 4.67 Å². The van der Waals surface area contributed by atoms with Crippen molar-refractivity contribution in [3.8, 4) is 0 Å². The van der Waals surface area contributed by atoms with Gasteiger partial charge >= 0.3 is 0 Å². The number of benzene rings is 1. The van der Waals surface area contributed by atoms with E-state index in [1.54, 1.807) is 0 Å². The smallest absolute Gasteiger partial charge is 0.0947 e. The predicted octanol–water partition coefficient (Wildman–Crippen LogP) is 4.20. The lowest BCUT2D eigenvalue weighted by Crippen LogP contribution is -2.32. The Morgan fingerprint density at radius 2 is 1.94 bits per heavy atom. The van der Waals surface area contributed by atoms with Crippen LogP contribution in [0.25, 0.3) is 0 Å². The number of aryl methyl sites for hydroxylation is 1. The third-order valence-corrected chi connectivity index (χ3v) is 4.45. The summed E-state index contributed by atoms with van der Waals surface area (Å²) < 4.78 is 7.11. The Labute approximate surface area is 99.6 Å². The van der Waals surface area contributed by atoms with Crippen LogP contribution in [0.5, 0.6) is 0 Å². The van der Waals surface area contributed by atoms with Gasteiger partial charge in [-0.2, -0.15) is 0 Å². The minimum absolute atomic E-state index is 0.0207. The van der Waals surface area contributed by atoms with Crippen LogP contribution in [0.1, 0.15) is 37.9 Å². The summed E-state index contributed by atoms with van der Waals surface area (Å²) in [5, 5.41) is 0. The minimum atomic E-state index is 0.0207. The van der Waals surface area contributed by atoms with E-state index in [0.717, 1.165) is 15.1 Å². The first-order valence-electron chi connectivity index (χ1n) is 5.80. The first kappa shape index (κ1) is 11.8. The van der Waals surface area contributed by atoms with E-state index in [0.29, 0.717) is 6.04 Å². The van der Waals surface area contributed by atoms with Crippen molar-refractivity contribution < 1.29 is 0 Å². The van der Waals surface area contributed by atoms with E-state index in [-0.39, 0.29) is 5.54 Å². The lowest BCUT2D eigenvalue weighted by molar-refractivity contribution is 0.282. The quantitative estimate of drug-likeness (QED) is 0.700. The van der Waals surface area contributed by atoms with Crippen LogP contribution < -0.4 is 0 Å². The van der Waals surface area contributed by atoms with Crippen molar-refractivity contribution in [2.75, 3.05) is 6.54 Å². The van der Waals surface area contributed by atoms with Crippen molar-refractivity contribution in [2.45, 2.75) is 39.3 Å². The monoisotopic (exact) mass is 234 g/mol. The van der Waals surface area contributed by atoms with E-state index in [9.17, 15) is 0 Å². The summed E-state index contributed by atoms with van der Waals surface area (Å²) in [6.45, 7) is 9.82. The molecule has 86 valence electrons. The highest BCUT2D eigenvalue weighted by molar-refractivity contribution is 7.24. The number of rotatable bonds is 2. The molecule has 0 bridgehead atoms. The standard InChI is InChI=1S/C13H19N2P/c1-5-15-12(13(3,4)14-16-15)11-8-6-10(2)7-9-11/h6-9,12H,5H2,1-4H3. The van der Waals surface area contributed by atoms with Crippen LogP contribution in [0.2, 0.25) is 0 Å². The summed E-state index contributed by atoms with van der Waals surface area (Å²) in [5.74, 6) is 0. The molecular weight excluding hydrogens is 215 g/mol. The Bertz CT molecular complexity index is 395. The molecule has 0 radical (unpaired) electrons. The van der Waals surface area contributed by atoms with Gasteiger partial charge in [0.15, 0.2) is 0 Å². The number of likely N-dealkylation sites (N-methyl/N-ethyl adjacent to an activating group) is 1. The van der Waals surface area contributed by atoms with Gasteiger partial charge < -0.3 is 0 Å². The number of hydrogen-bond donors (Lipinski definition) is 0. The Balaban J connectivity index is 2.34. The highest BCUT2D eigenvalue weighted by Gasteiger charge is 2.38. The first-order chi connectivity index (χ1) is 7.54. The lowest BCUT2D eigenvalue weighted by atomic mass is 9.89. The fraction of sp³-hybridized carbons (Fsp3) is 0.538. The molecule has 1 aliphatic heterocycles. The molecule has 0 fully saturated rings. The molecule has 3 heteroatoms. The Morgan fingerprint density at radius 3 is 2.50 bits per heavy atom. The van der Waals surface area contributed by atoms with Crippen LogP contribution in [0.3, 0.4) is 0 Å². The molecule has 1 aliphatic rings. The third kappa shape index (κ3) is 2.05. The molecule has 0 aromatic heterocycles. The maximum atomic E-state index is 4.70. The second-order valence-electron chi connectivity index (χ2n) is 4.91. The summed E-state index contributed by atoms with van der Waals surface area (Å²) in [6.07, 6.45) is 0. The molecule has 1 aromatic carbocycles. The predicted molar refractivity (Wildman–Crippen MR) is 69.7 cm³/mol. The summed E-state index contributed by atoms with van der Waals surface area (Å²) >= 11 is 0. The zero-order valence-corrected chi connectivity index (χ0v) is 11.3. The Hall–Kier alpha value is -0.720. The molecule has 1 atom stereocenters. The van der Waals surface area contributed by atoms with E-state index < -0.39 is 0 Å². The van der Waals surface area contributed by atoms with E-state index in [2.05, 4.69) is 56.6 Å². The fourth-order valence-electron chi connectivity index (χ4n) is 2.22. The van der Waals surface area contributed by atoms with Gasteiger partial charge in [0.2, 0.25) is 0 Å². The third-order valence-electron chi connectivity index (χ3n) is 3.10. The van der Waals surface area contributed by atoms with Crippen molar-refractivity contribution >= 4 is 8.52 Å². The topological polar surface area (TPSA) is 15.6 Å². The van der Waals surface area contributed by atoms with Crippen molar-refractivity contribution in [3.63, 3.8) is 0 Å². The molecule has 0 saturated carbocycles. The second-order valence-corrected chi connectivity index (χ2v) is 5.80. The average molecular weight is 234 g/mol. The molecular formula is C13H19N2P. The molecule has 1 aromatic rings. The fourth-order valence-corrected chi connectivity index (χ4v) is 3.32. The summed E-state index contributed by atoms with van der Waals surface area (Å²) in [7, 11) is 1.11. The lowest BCUT2D eigenvalue weighted by Gasteiger charge is -2.30. The van der Waals surface area contributed by atoms with Gasteiger partial charge in [-0.1, -0.05) is 36.8 Å². The molecule has 0 amide bonds. The van der Waals surface area contributed by atoms with Crippen molar-refractivity contribution in [3.05, 3.63) is 35.4 Å². The van der Waals surface area contributed by atoms with Crippen molar-refractivity contribution in [1.29, 1.82) is 0 Å². The van der Waals surface area contributed by atoms with Crippen LogP contribution in [0.15, 0.2) is 29.0 Å². The van der Waals surface area contributed by atoms with Gasteiger partial charge in [0.1, 0.15) is 0 Å². The second kappa shape index (κ2) is 4.27. The van der Waals surface area contributed by atoms with Gasteiger partial charge in [0.05, 0.1) is 20.1 Å². The minimum Gasteiger partial charge on any atom is -0.245 e. The van der Waals surface area contributed by atoms with Gasteiger partial charge in [-0.15, -0.1) is 0 Å². The maximum absolute atomic E-state index is 4.70. The molecule has 0 aliphatic carbocycles. The Kier molecular flexibility index (Phi) is 3.14. The van der Waals surface area contributed by atoms with Crippen LogP contribution >= 0.6 is 8.52 Å². The van der Waals surface area contributed by atoms with Gasteiger partial charge in [-0.3, -0.25) is 0 Å². The summed E-state index contributed by atoms with van der Waals surface area (Å²) in [6, 6.07) is 9.27. The maximum Gasteiger partial charge on any atom is 0.0947 e. The van der Waals surface area contributed by atoms with Crippen LogP contribution in [0, 0.1) is 6.92 Å². The van der Waals surface area contributed by atoms with Crippen LogP contribution in [-0.2, 0) is 0 Å². The zero-order chi connectivity index (χ0) is 11.8. The van der Waals surface area contributed by atoms with Crippen LogP contribution in [0.4, 0.5) is 0 Å². The molecule has 1 heterocycles. The molecule has 16 heavy (non-hydrogen) atoms. The van der Waals surface area contributed by atoms with Gasteiger partial charge in [0.25, 0.3) is 0 Å². The molecule has 0 spiro atoms. The largest absolute Gasteiger partial charge is 0.245 e. The van der Waals surface area contributed by atoms with E-state index in [1.807, 2.05) is 0 Å². The van der Waals surface area contributed by atoms with Gasteiger partial charge in [-0.25, -0.2) is 9.42 Å². The first-order valence-corrected chi connectivity index (χ1v) is 6.60. The average Bonchev–Trinajstić information content (AvgIpc) is 2.55. The summed E-state index contributed by atoms with van der Waals surface area (Å²) in [4.78, 5) is 0. The van der Waals surface area contributed by atoms with Crippen LogP contribution in [-0.4, -0.2) is 16.8 Å². The SMILES string of the molecule is CCN1P=NC(C)(C)C1c1ccc(C)cc1. The normalized spacial score (nSPS) is 24.9. The highest BCUT2D eigenvalue weighted by atomic mass is 31.1. The van der Waals surface area contributed by atoms with Gasteiger partial charge in [-0.05, 0) is 26.3 Å². The van der Waals surface area contributed by atoms with E-state index in [4.69, 9.17) is 4.74 Å². The number of hydrogen-bond acceptors (Lipinski definition) is 2. The van der Waals surface area contributed by atoms with Gasteiger partial charge in [0, 0.05) is 6.54 Å². The molecule has 2 nitrogen and oxygen atoms in total. The molecule has 0 saturated heterocycles. The number of nitrogens with zero attached hydrogens (tertiary/aromatic N) is 2. The van der Waals surface area contributed by atoms with E-state index >= 15 is 0 Å². The van der Waals surface area contributed by atoms with Crippen molar-refractivity contribution in [2.24, 2.45) is 4.74 Å². The highest BCUT2D eigenvalue weighted by Crippen LogP contribution is 2.45. The molecule has 1 unspecified atom stereocenters. The molecule has 0 N–H and O–H groups in total. The van der Waals surface area contributed by atoms with E-state index in [1.165, 1.54) is 11.1 Å². The zero-order valence-electron chi connectivity index (χ0n) is 10.4. The Morgan fingerprint density at radius 1 is 1.31 bits per heavy atom. The summed E-state index contributed by atoms with van der Waals surface area (Å²) in [5.41, 5.74) is 2.72.